The Morgan fingerprint density at radius 3 is 2.83 bits per heavy atom. The van der Waals surface area contributed by atoms with Crippen LogP contribution in [0, 0.1) is 0 Å². The second kappa shape index (κ2) is 7.49. The van der Waals surface area contributed by atoms with Crippen molar-refractivity contribution in [1.82, 2.24) is 30.1 Å². The predicted molar refractivity (Wildman–Crippen MR) is 81.5 cm³/mol. The average molecular weight is 320 g/mol. The van der Waals surface area contributed by atoms with Gasteiger partial charge in [-0.15, -0.1) is 15.0 Å². The third kappa shape index (κ3) is 4.36. The average Bonchev–Trinajstić information content (AvgIpc) is 3.14. The molecule has 0 aliphatic heterocycles. The zero-order valence-electron chi connectivity index (χ0n) is 12.8. The number of hydrogen-bond donors (Lipinski definition) is 3. The van der Waals surface area contributed by atoms with E-state index in [0.29, 0.717) is 31.6 Å². The highest BCUT2D eigenvalue weighted by molar-refractivity contribution is 5.90. The monoisotopic (exact) mass is 320 g/mol. The predicted octanol–water partition coefficient (Wildman–Crippen LogP) is -1.29. The maximum absolute atomic E-state index is 11.9. The highest BCUT2D eigenvalue weighted by atomic mass is 16.2. The van der Waals surface area contributed by atoms with Crippen LogP contribution in [0.4, 0.5) is 0 Å². The third-order valence-electron chi connectivity index (χ3n) is 3.33. The van der Waals surface area contributed by atoms with Crippen LogP contribution in [0.25, 0.3) is 5.82 Å². The highest BCUT2D eigenvalue weighted by Gasteiger charge is 2.14. The SMILES string of the molecule is Cn1cccc1-n1nnc(C(=O)NCCCC[C@H](N)C(N)=O)n1. The van der Waals surface area contributed by atoms with Crippen LogP contribution >= 0.6 is 0 Å². The fraction of sp³-hybridized carbons (Fsp3) is 0.462. The van der Waals surface area contributed by atoms with E-state index >= 15 is 0 Å². The van der Waals surface area contributed by atoms with Crippen LogP contribution in [0.2, 0.25) is 0 Å². The van der Waals surface area contributed by atoms with Gasteiger partial charge in [-0.25, -0.2) is 0 Å². The molecule has 0 bridgehead atoms. The summed E-state index contributed by atoms with van der Waals surface area (Å²) < 4.78 is 1.81. The number of hydrogen-bond acceptors (Lipinski definition) is 6. The van der Waals surface area contributed by atoms with Gasteiger partial charge >= 0.3 is 0 Å². The number of nitrogens with two attached hydrogens (primary N) is 2. The molecule has 0 spiro atoms. The molecule has 0 saturated carbocycles. The summed E-state index contributed by atoms with van der Waals surface area (Å²) in [6.45, 7) is 0.434. The van der Waals surface area contributed by atoms with Gasteiger partial charge in [-0.1, -0.05) is 0 Å². The van der Waals surface area contributed by atoms with Crippen molar-refractivity contribution in [2.45, 2.75) is 25.3 Å². The molecule has 23 heavy (non-hydrogen) atoms. The Kier molecular flexibility index (Phi) is 5.41. The summed E-state index contributed by atoms with van der Waals surface area (Å²) in [6, 6.07) is 3.01. The zero-order valence-corrected chi connectivity index (χ0v) is 12.8. The first-order valence-electron chi connectivity index (χ1n) is 7.24. The molecule has 2 rings (SSSR count). The third-order valence-corrected chi connectivity index (χ3v) is 3.33. The molecule has 0 unspecified atom stereocenters. The van der Waals surface area contributed by atoms with Gasteiger partial charge in [-0.05, 0) is 36.6 Å². The summed E-state index contributed by atoms with van der Waals surface area (Å²) in [6.07, 6.45) is 3.70. The van der Waals surface area contributed by atoms with Crippen molar-refractivity contribution in [1.29, 1.82) is 0 Å². The molecular formula is C13H20N8O2. The van der Waals surface area contributed by atoms with Crippen LogP contribution in [-0.2, 0) is 11.8 Å². The van der Waals surface area contributed by atoms with E-state index in [4.69, 9.17) is 11.5 Å². The fourth-order valence-corrected chi connectivity index (χ4v) is 1.97. The van der Waals surface area contributed by atoms with Gasteiger partial charge < -0.3 is 21.4 Å². The maximum Gasteiger partial charge on any atom is 0.292 e. The van der Waals surface area contributed by atoms with E-state index in [2.05, 4.69) is 20.7 Å². The Balaban J connectivity index is 1.77. The number of nitrogens with zero attached hydrogens (tertiary/aromatic N) is 5. The molecule has 10 heteroatoms. The molecule has 5 N–H and O–H groups in total. The van der Waals surface area contributed by atoms with E-state index in [0.717, 1.165) is 0 Å². The van der Waals surface area contributed by atoms with Crippen molar-refractivity contribution in [2.24, 2.45) is 18.5 Å². The lowest BCUT2D eigenvalue weighted by molar-refractivity contribution is -0.119. The minimum atomic E-state index is -0.641. The summed E-state index contributed by atoms with van der Waals surface area (Å²) in [5.41, 5.74) is 10.6. The van der Waals surface area contributed by atoms with E-state index in [-0.39, 0.29) is 5.82 Å². The molecule has 0 aliphatic rings. The fourth-order valence-electron chi connectivity index (χ4n) is 1.97. The summed E-state index contributed by atoms with van der Waals surface area (Å²) in [4.78, 5) is 24.0. The van der Waals surface area contributed by atoms with Crippen molar-refractivity contribution in [2.75, 3.05) is 6.54 Å². The molecule has 0 aromatic carbocycles. The number of nitrogens with one attached hydrogen (secondary N) is 1. The molecule has 2 aromatic rings. The maximum atomic E-state index is 11.9. The molecule has 124 valence electrons. The Morgan fingerprint density at radius 2 is 2.17 bits per heavy atom. The van der Waals surface area contributed by atoms with Crippen molar-refractivity contribution >= 4 is 11.8 Å². The Morgan fingerprint density at radius 1 is 1.39 bits per heavy atom. The van der Waals surface area contributed by atoms with E-state index < -0.39 is 17.9 Å². The van der Waals surface area contributed by atoms with Gasteiger partial charge in [-0.3, -0.25) is 9.59 Å². The van der Waals surface area contributed by atoms with Crippen LogP contribution in [0.5, 0.6) is 0 Å². The Labute approximate surface area is 132 Å². The van der Waals surface area contributed by atoms with Crippen molar-refractivity contribution in [3.63, 3.8) is 0 Å². The minimum Gasteiger partial charge on any atom is -0.368 e. The summed E-state index contributed by atoms with van der Waals surface area (Å²) in [5, 5.41) is 14.3. The molecule has 2 amide bonds. The molecule has 0 fully saturated rings. The lowest BCUT2D eigenvalue weighted by Gasteiger charge is -2.06. The highest BCUT2D eigenvalue weighted by Crippen LogP contribution is 2.03. The summed E-state index contributed by atoms with van der Waals surface area (Å²) in [7, 11) is 1.84. The van der Waals surface area contributed by atoms with Gasteiger partial charge in [0, 0.05) is 19.8 Å². The Hall–Kier alpha value is -2.75. The molecule has 2 heterocycles. The van der Waals surface area contributed by atoms with Crippen LogP contribution in [0.1, 0.15) is 29.9 Å². The number of aryl methyl sites for hydroxylation is 1. The molecule has 0 aliphatic carbocycles. The smallest absolute Gasteiger partial charge is 0.292 e. The summed E-state index contributed by atoms with van der Waals surface area (Å²) >= 11 is 0. The van der Waals surface area contributed by atoms with Gasteiger partial charge in [-0.2, -0.15) is 0 Å². The van der Waals surface area contributed by atoms with Crippen LogP contribution in [-0.4, -0.2) is 49.2 Å². The number of rotatable bonds is 8. The van der Waals surface area contributed by atoms with Gasteiger partial charge in [0.05, 0.1) is 6.04 Å². The number of unbranched alkanes of at least 4 members (excludes halogenated alkanes) is 1. The van der Waals surface area contributed by atoms with E-state index in [1.165, 1.54) is 4.80 Å². The molecule has 1 atom stereocenters. The summed E-state index contributed by atoms with van der Waals surface area (Å²) in [5.74, 6) is -0.211. The van der Waals surface area contributed by atoms with E-state index in [1.54, 1.807) is 0 Å². The first-order valence-corrected chi connectivity index (χ1v) is 7.24. The van der Waals surface area contributed by atoms with Crippen molar-refractivity contribution in [3.8, 4) is 5.82 Å². The topological polar surface area (TPSA) is 147 Å². The van der Waals surface area contributed by atoms with Gasteiger partial charge in [0.15, 0.2) is 5.82 Å². The molecular weight excluding hydrogens is 300 g/mol. The van der Waals surface area contributed by atoms with Gasteiger partial charge in [0.1, 0.15) is 0 Å². The normalized spacial score (nSPS) is 12.1. The van der Waals surface area contributed by atoms with Gasteiger partial charge in [0.2, 0.25) is 5.91 Å². The van der Waals surface area contributed by atoms with Gasteiger partial charge in [0.25, 0.3) is 11.7 Å². The van der Waals surface area contributed by atoms with Crippen LogP contribution in [0.3, 0.4) is 0 Å². The number of carbonyl (C=O) groups excluding carboxylic acids is 2. The first kappa shape index (κ1) is 16.6. The molecule has 0 radical (unpaired) electrons. The first-order chi connectivity index (χ1) is 11.0. The molecule has 0 saturated heterocycles. The van der Waals surface area contributed by atoms with E-state index in [9.17, 15) is 9.59 Å². The number of amides is 2. The Bertz CT molecular complexity index is 677. The van der Waals surface area contributed by atoms with Crippen LogP contribution in [0.15, 0.2) is 18.3 Å². The van der Waals surface area contributed by atoms with Crippen molar-refractivity contribution < 1.29 is 9.59 Å². The van der Waals surface area contributed by atoms with Crippen molar-refractivity contribution in [3.05, 3.63) is 24.2 Å². The minimum absolute atomic E-state index is 0.0000346. The number of carbonyl (C=O) groups is 2. The zero-order chi connectivity index (χ0) is 16.8. The second-order valence-corrected chi connectivity index (χ2v) is 5.14. The largest absolute Gasteiger partial charge is 0.368 e. The lowest BCUT2D eigenvalue weighted by atomic mass is 10.1. The quantitative estimate of drug-likeness (QED) is 0.516. The van der Waals surface area contributed by atoms with E-state index in [1.807, 2.05) is 29.9 Å². The number of primary amides is 1. The second-order valence-electron chi connectivity index (χ2n) is 5.14. The molecule has 2 aromatic heterocycles. The number of aromatic nitrogens is 5. The molecule has 10 nitrogen and oxygen atoms in total. The van der Waals surface area contributed by atoms with Crippen LogP contribution < -0.4 is 16.8 Å². The lowest BCUT2D eigenvalue weighted by Crippen LogP contribution is -2.36. The number of tetrazole rings is 1. The standard InChI is InChI=1S/C13H20N8O2/c1-20-8-4-6-10(20)21-18-12(17-19-21)13(23)16-7-3-2-5-9(14)11(15)22/h4,6,8-9H,2-3,5,7,14H2,1H3,(H2,15,22)(H,16,23)/t9-/m0/s1.